The number of carbonyl (C=O) groups is 1. The second kappa shape index (κ2) is 10.2. The third-order valence-electron chi connectivity index (χ3n) is 3.41. The predicted molar refractivity (Wildman–Crippen MR) is 97.2 cm³/mol. The SMILES string of the molecule is CCCOc1ccc(OCC(=O)NCc2ccccc2OCC)cc1. The minimum absolute atomic E-state index is 0.0357. The summed E-state index contributed by atoms with van der Waals surface area (Å²) in [5.41, 5.74) is 0.940. The van der Waals surface area contributed by atoms with Gasteiger partial charge in [0.25, 0.3) is 5.91 Å². The molecular weight excluding hydrogens is 318 g/mol. The number of rotatable bonds is 10. The standard InChI is InChI=1S/C20H25NO4/c1-3-13-24-17-9-11-18(12-10-17)25-15-20(22)21-14-16-7-5-6-8-19(16)23-4-2/h5-12H,3-4,13-15H2,1-2H3,(H,21,22). The van der Waals surface area contributed by atoms with Crippen LogP contribution in [0.5, 0.6) is 17.2 Å². The molecule has 0 atom stereocenters. The largest absolute Gasteiger partial charge is 0.494 e. The average Bonchev–Trinajstić information content (AvgIpc) is 2.65. The lowest BCUT2D eigenvalue weighted by atomic mass is 10.2. The third kappa shape index (κ3) is 6.37. The van der Waals surface area contributed by atoms with Crippen LogP contribution in [-0.4, -0.2) is 25.7 Å². The molecule has 5 nitrogen and oxygen atoms in total. The fourth-order valence-corrected chi connectivity index (χ4v) is 2.19. The first-order valence-corrected chi connectivity index (χ1v) is 8.56. The van der Waals surface area contributed by atoms with E-state index in [0.29, 0.717) is 25.5 Å². The summed E-state index contributed by atoms with van der Waals surface area (Å²) in [6.45, 7) is 5.64. The Bertz CT molecular complexity index is 655. The summed E-state index contributed by atoms with van der Waals surface area (Å²) in [4.78, 5) is 12.0. The van der Waals surface area contributed by atoms with Crippen molar-refractivity contribution in [1.82, 2.24) is 5.32 Å². The molecule has 1 amide bonds. The molecule has 2 aromatic carbocycles. The molecule has 0 fully saturated rings. The number of amides is 1. The third-order valence-corrected chi connectivity index (χ3v) is 3.41. The van der Waals surface area contributed by atoms with E-state index < -0.39 is 0 Å². The van der Waals surface area contributed by atoms with Crippen LogP contribution in [-0.2, 0) is 11.3 Å². The van der Waals surface area contributed by atoms with Gasteiger partial charge in [0.2, 0.25) is 0 Å². The molecule has 0 saturated heterocycles. The van der Waals surface area contributed by atoms with Gasteiger partial charge in [-0.3, -0.25) is 4.79 Å². The Labute approximate surface area is 148 Å². The van der Waals surface area contributed by atoms with Crippen molar-refractivity contribution in [1.29, 1.82) is 0 Å². The zero-order chi connectivity index (χ0) is 17.9. The molecule has 2 rings (SSSR count). The van der Waals surface area contributed by atoms with Crippen molar-refractivity contribution in [2.45, 2.75) is 26.8 Å². The van der Waals surface area contributed by atoms with E-state index in [9.17, 15) is 4.79 Å². The summed E-state index contributed by atoms with van der Waals surface area (Å²) in [6.07, 6.45) is 0.963. The number of ether oxygens (including phenoxy) is 3. The summed E-state index contributed by atoms with van der Waals surface area (Å²) < 4.78 is 16.5. The number of benzene rings is 2. The Morgan fingerprint density at radius 2 is 1.60 bits per heavy atom. The van der Waals surface area contributed by atoms with Crippen molar-refractivity contribution in [3.8, 4) is 17.2 Å². The van der Waals surface area contributed by atoms with Gasteiger partial charge in [0.1, 0.15) is 17.2 Å². The van der Waals surface area contributed by atoms with Crippen molar-refractivity contribution >= 4 is 5.91 Å². The molecular formula is C20H25NO4. The highest BCUT2D eigenvalue weighted by atomic mass is 16.5. The van der Waals surface area contributed by atoms with Crippen molar-refractivity contribution in [2.75, 3.05) is 19.8 Å². The quantitative estimate of drug-likeness (QED) is 0.716. The zero-order valence-corrected chi connectivity index (χ0v) is 14.8. The summed E-state index contributed by atoms with van der Waals surface area (Å²) >= 11 is 0. The molecule has 0 spiro atoms. The maximum atomic E-state index is 12.0. The van der Waals surface area contributed by atoms with Crippen LogP contribution in [0.15, 0.2) is 48.5 Å². The molecule has 0 aliphatic rings. The van der Waals surface area contributed by atoms with Crippen molar-refractivity contribution in [3.63, 3.8) is 0 Å². The summed E-state index contributed by atoms with van der Waals surface area (Å²) in [6, 6.07) is 14.9. The van der Waals surface area contributed by atoms with Gasteiger partial charge in [0.15, 0.2) is 6.61 Å². The molecule has 25 heavy (non-hydrogen) atoms. The van der Waals surface area contributed by atoms with Crippen molar-refractivity contribution < 1.29 is 19.0 Å². The van der Waals surface area contributed by atoms with E-state index in [-0.39, 0.29) is 12.5 Å². The minimum Gasteiger partial charge on any atom is -0.494 e. The lowest BCUT2D eigenvalue weighted by Crippen LogP contribution is -2.28. The first kappa shape index (κ1) is 18.6. The maximum absolute atomic E-state index is 12.0. The van der Waals surface area contributed by atoms with Crippen LogP contribution in [0.3, 0.4) is 0 Å². The van der Waals surface area contributed by atoms with Crippen LogP contribution in [0, 0.1) is 0 Å². The number of para-hydroxylation sites is 1. The van der Waals surface area contributed by atoms with Crippen LogP contribution in [0.25, 0.3) is 0 Å². The molecule has 0 aliphatic carbocycles. The predicted octanol–water partition coefficient (Wildman–Crippen LogP) is 3.57. The number of hydrogen-bond donors (Lipinski definition) is 1. The van der Waals surface area contributed by atoms with E-state index >= 15 is 0 Å². The van der Waals surface area contributed by atoms with Gasteiger partial charge in [-0.25, -0.2) is 0 Å². The van der Waals surface area contributed by atoms with Gasteiger partial charge >= 0.3 is 0 Å². The number of hydrogen-bond acceptors (Lipinski definition) is 4. The second-order valence-electron chi connectivity index (χ2n) is 5.43. The van der Waals surface area contributed by atoms with Crippen LogP contribution >= 0.6 is 0 Å². The van der Waals surface area contributed by atoms with Gasteiger partial charge in [0, 0.05) is 12.1 Å². The minimum atomic E-state index is -0.183. The topological polar surface area (TPSA) is 56.8 Å². The van der Waals surface area contributed by atoms with Crippen LogP contribution < -0.4 is 19.5 Å². The van der Waals surface area contributed by atoms with E-state index in [4.69, 9.17) is 14.2 Å². The zero-order valence-electron chi connectivity index (χ0n) is 14.8. The monoisotopic (exact) mass is 343 g/mol. The summed E-state index contributed by atoms with van der Waals surface area (Å²) in [5, 5.41) is 2.84. The maximum Gasteiger partial charge on any atom is 0.258 e. The van der Waals surface area contributed by atoms with Gasteiger partial charge in [-0.05, 0) is 43.7 Å². The second-order valence-corrected chi connectivity index (χ2v) is 5.43. The summed E-state index contributed by atoms with van der Waals surface area (Å²) in [5.74, 6) is 2.03. The highest BCUT2D eigenvalue weighted by Crippen LogP contribution is 2.18. The first-order valence-electron chi connectivity index (χ1n) is 8.56. The Morgan fingerprint density at radius 3 is 2.28 bits per heavy atom. The first-order chi connectivity index (χ1) is 12.2. The summed E-state index contributed by atoms with van der Waals surface area (Å²) in [7, 11) is 0. The van der Waals surface area contributed by atoms with Crippen LogP contribution in [0.2, 0.25) is 0 Å². The molecule has 0 aliphatic heterocycles. The normalized spacial score (nSPS) is 10.2. The number of carbonyl (C=O) groups excluding carboxylic acids is 1. The fourth-order valence-electron chi connectivity index (χ4n) is 2.19. The molecule has 2 aromatic rings. The molecule has 0 saturated carbocycles. The molecule has 0 bridgehead atoms. The Kier molecular flexibility index (Phi) is 7.63. The Morgan fingerprint density at radius 1 is 0.920 bits per heavy atom. The average molecular weight is 343 g/mol. The molecule has 0 radical (unpaired) electrons. The number of nitrogens with one attached hydrogen (secondary N) is 1. The van der Waals surface area contributed by atoms with Crippen molar-refractivity contribution in [3.05, 3.63) is 54.1 Å². The van der Waals surface area contributed by atoms with E-state index in [2.05, 4.69) is 12.2 Å². The van der Waals surface area contributed by atoms with Gasteiger partial charge in [0.05, 0.1) is 13.2 Å². The van der Waals surface area contributed by atoms with E-state index in [0.717, 1.165) is 23.5 Å². The molecule has 0 unspecified atom stereocenters. The van der Waals surface area contributed by atoms with Crippen molar-refractivity contribution in [2.24, 2.45) is 0 Å². The van der Waals surface area contributed by atoms with Gasteiger partial charge in [-0.2, -0.15) is 0 Å². The van der Waals surface area contributed by atoms with E-state index in [1.165, 1.54) is 0 Å². The van der Waals surface area contributed by atoms with Crippen LogP contribution in [0.4, 0.5) is 0 Å². The van der Waals surface area contributed by atoms with E-state index in [1.54, 1.807) is 12.1 Å². The highest BCUT2D eigenvalue weighted by molar-refractivity contribution is 5.77. The van der Waals surface area contributed by atoms with E-state index in [1.807, 2.05) is 43.3 Å². The fraction of sp³-hybridized carbons (Fsp3) is 0.350. The smallest absolute Gasteiger partial charge is 0.258 e. The highest BCUT2D eigenvalue weighted by Gasteiger charge is 2.06. The molecule has 134 valence electrons. The Hall–Kier alpha value is -2.69. The Balaban J connectivity index is 1.77. The molecule has 0 aromatic heterocycles. The van der Waals surface area contributed by atoms with Gasteiger partial charge < -0.3 is 19.5 Å². The lowest BCUT2D eigenvalue weighted by molar-refractivity contribution is -0.123. The molecule has 0 heterocycles. The van der Waals surface area contributed by atoms with Gasteiger partial charge in [-0.15, -0.1) is 0 Å². The van der Waals surface area contributed by atoms with Gasteiger partial charge in [-0.1, -0.05) is 25.1 Å². The molecule has 1 N–H and O–H groups in total. The molecule has 5 heteroatoms. The van der Waals surface area contributed by atoms with Crippen LogP contribution in [0.1, 0.15) is 25.8 Å². The lowest BCUT2D eigenvalue weighted by Gasteiger charge is -2.11.